The molecule has 4 rings (SSSR count). The van der Waals surface area contributed by atoms with Crippen LogP contribution in [0.2, 0.25) is 5.02 Å². The number of likely N-dealkylation sites (tertiary alicyclic amines) is 1. The fraction of sp³-hybridized carbons (Fsp3) is 0.286. The fourth-order valence-corrected chi connectivity index (χ4v) is 3.88. The molecule has 0 atom stereocenters. The van der Waals surface area contributed by atoms with Crippen molar-refractivity contribution in [2.75, 3.05) is 18.4 Å². The van der Waals surface area contributed by atoms with E-state index in [0.717, 1.165) is 41.7 Å². The third-order valence-electron chi connectivity index (χ3n) is 5.01. The summed E-state index contributed by atoms with van der Waals surface area (Å²) >= 11 is 9.60. The molecular formula is C21H20BrClN4O2. The standard InChI is InChI=1S/C21H20BrClN4O2/c22-15-5-7-16(8-6-15)24-21(28)14-9-11-27(12-10-14)13-19-25-20(26-29-19)17-3-1-2-4-18(17)23/h1-8,14H,9-13H2,(H,24,28). The first-order valence-electron chi connectivity index (χ1n) is 9.45. The third kappa shape index (κ3) is 5.04. The van der Waals surface area contributed by atoms with E-state index in [4.69, 9.17) is 16.1 Å². The average molecular weight is 476 g/mol. The molecule has 0 saturated carbocycles. The number of nitrogens with zero attached hydrogens (tertiary/aromatic N) is 3. The van der Waals surface area contributed by atoms with Crippen LogP contribution in [0.3, 0.4) is 0 Å². The van der Waals surface area contributed by atoms with Gasteiger partial charge in [-0.15, -0.1) is 0 Å². The average Bonchev–Trinajstić information content (AvgIpc) is 3.19. The van der Waals surface area contributed by atoms with Gasteiger partial charge in [0, 0.05) is 21.6 Å². The molecule has 1 saturated heterocycles. The van der Waals surface area contributed by atoms with Gasteiger partial charge in [-0.3, -0.25) is 9.69 Å². The highest BCUT2D eigenvalue weighted by molar-refractivity contribution is 9.10. The Hall–Kier alpha value is -2.22. The lowest BCUT2D eigenvalue weighted by atomic mass is 9.96. The molecule has 29 heavy (non-hydrogen) atoms. The van der Waals surface area contributed by atoms with Crippen molar-refractivity contribution < 1.29 is 9.32 Å². The van der Waals surface area contributed by atoms with E-state index in [-0.39, 0.29) is 11.8 Å². The van der Waals surface area contributed by atoms with Gasteiger partial charge in [0.15, 0.2) is 0 Å². The Labute approximate surface area is 182 Å². The summed E-state index contributed by atoms with van der Waals surface area (Å²) in [7, 11) is 0. The molecule has 6 nitrogen and oxygen atoms in total. The molecule has 8 heteroatoms. The Kier molecular flexibility index (Phi) is 6.28. The molecule has 150 valence electrons. The largest absolute Gasteiger partial charge is 0.338 e. The van der Waals surface area contributed by atoms with Crippen molar-refractivity contribution in [3.05, 3.63) is 63.9 Å². The number of piperidine rings is 1. The second-order valence-corrected chi connectivity index (χ2v) is 8.36. The summed E-state index contributed by atoms with van der Waals surface area (Å²) in [6.07, 6.45) is 1.60. The molecular weight excluding hydrogens is 456 g/mol. The van der Waals surface area contributed by atoms with Gasteiger partial charge in [-0.2, -0.15) is 4.98 Å². The smallest absolute Gasteiger partial charge is 0.241 e. The van der Waals surface area contributed by atoms with Gasteiger partial charge in [0.1, 0.15) is 0 Å². The normalized spacial score (nSPS) is 15.4. The minimum absolute atomic E-state index is 0.0104. The molecule has 1 aliphatic heterocycles. The van der Waals surface area contributed by atoms with Gasteiger partial charge in [-0.25, -0.2) is 0 Å². The van der Waals surface area contributed by atoms with Crippen molar-refractivity contribution in [1.29, 1.82) is 0 Å². The quantitative estimate of drug-likeness (QED) is 0.562. The molecule has 0 unspecified atom stereocenters. The van der Waals surface area contributed by atoms with E-state index >= 15 is 0 Å². The molecule has 1 fully saturated rings. The fourth-order valence-electron chi connectivity index (χ4n) is 3.39. The summed E-state index contributed by atoms with van der Waals surface area (Å²) in [6.45, 7) is 2.18. The Bertz CT molecular complexity index is 984. The molecule has 1 amide bonds. The van der Waals surface area contributed by atoms with Crippen molar-refractivity contribution in [1.82, 2.24) is 15.0 Å². The maximum Gasteiger partial charge on any atom is 0.241 e. The summed E-state index contributed by atoms with van der Waals surface area (Å²) in [5.41, 5.74) is 1.58. The molecule has 0 aliphatic carbocycles. The second kappa shape index (κ2) is 9.07. The summed E-state index contributed by atoms with van der Waals surface area (Å²) < 4.78 is 6.38. The number of anilines is 1. The minimum Gasteiger partial charge on any atom is -0.338 e. The number of aromatic nitrogens is 2. The van der Waals surface area contributed by atoms with Gasteiger partial charge >= 0.3 is 0 Å². The summed E-state index contributed by atoms with van der Waals surface area (Å²) in [5.74, 6) is 1.13. The van der Waals surface area contributed by atoms with Crippen LogP contribution in [0.5, 0.6) is 0 Å². The van der Waals surface area contributed by atoms with Crippen LogP contribution in [0, 0.1) is 5.92 Å². The summed E-state index contributed by atoms with van der Waals surface area (Å²) in [5, 5.41) is 7.64. The number of nitrogens with one attached hydrogen (secondary N) is 1. The van der Waals surface area contributed by atoms with Crippen molar-refractivity contribution in [2.24, 2.45) is 5.92 Å². The second-order valence-electron chi connectivity index (χ2n) is 7.04. The third-order valence-corrected chi connectivity index (χ3v) is 5.87. The van der Waals surface area contributed by atoms with Gasteiger partial charge in [0.05, 0.1) is 11.6 Å². The molecule has 1 aromatic heterocycles. The van der Waals surface area contributed by atoms with Crippen molar-refractivity contribution in [3.8, 4) is 11.4 Å². The lowest BCUT2D eigenvalue weighted by molar-refractivity contribution is -0.121. The topological polar surface area (TPSA) is 71.3 Å². The molecule has 3 aromatic rings. The van der Waals surface area contributed by atoms with Gasteiger partial charge in [0.2, 0.25) is 17.6 Å². The zero-order chi connectivity index (χ0) is 20.2. The maximum atomic E-state index is 12.5. The monoisotopic (exact) mass is 474 g/mol. The van der Waals surface area contributed by atoms with E-state index in [0.29, 0.717) is 23.3 Å². The van der Waals surface area contributed by atoms with E-state index in [2.05, 4.69) is 36.3 Å². The molecule has 2 aromatic carbocycles. The number of carbonyl (C=O) groups is 1. The lowest BCUT2D eigenvalue weighted by Gasteiger charge is -2.30. The van der Waals surface area contributed by atoms with Crippen LogP contribution in [0.1, 0.15) is 18.7 Å². The van der Waals surface area contributed by atoms with Crippen LogP contribution in [0.25, 0.3) is 11.4 Å². The van der Waals surface area contributed by atoms with Crippen molar-refractivity contribution >= 4 is 39.1 Å². The van der Waals surface area contributed by atoms with E-state index in [1.807, 2.05) is 42.5 Å². The number of rotatable bonds is 5. The van der Waals surface area contributed by atoms with Gasteiger partial charge in [-0.1, -0.05) is 44.8 Å². The number of amides is 1. The van der Waals surface area contributed by atoms with Crippen molar-refractivity contribution in [3.63, 3.8) is 0 Å². The Morgan fingerprint density at radius 1 is 1.17 bits per heavy atom. The van der Waals surface area contributed by atoms with Crippen molar-refractivity contribution in [2.45, 2.75) is 19.4 Å². The number of hydrogen-bond donors (Lipinski definition) is 1. The van der Waals surface area contributed by atoms with E-state index in [1.54, 1.807) is 6.07 Å². The molecule has 1 N–H and O–H groups in total. The van der Waals surface area contributed by atoms with E-state index in [1.165, 1.54) is 0 Å². The van der Waals surface area contributed by atoms with Gasteiger partial charge in [-0.05, 0) is 62.3 Å². The molecule has 1 aliphatic rings. The molecule has 0 bridgehead atoms. The predicted octanol–water partition coefficient (Wildman–Crippen LogP) is 5.00. The number of halogens is 2. The Balaban J connectivity index is 1.29. The highest BCUT2D eigenvalue weighted by Gasteiger charge is 2.26. The number of hydrogen-bond acceptors (Lipinski definition) is 5. The minimum atomic E-state index is 0.0104. The van der Waals surface area contributed by atoms with Gasteiger partial charge < -0.3 is 9.84 Å². The predicted molar refractivity (Wildman–Crippen MR) is 116 cm³/mol. The van der Waals surface area contributed by atoms with Gasteiger partial charge in [0.25, 0.3) is 0 Å². The van der Waals surface area contributed by atoms with E-state index < -0.39 is 0 Å². The summed E-state index contributed by atoms with van der Waals surface area (Å²) in [4.78, 5) is 19.2. The lowest BCUT2D eigenvalue weighted by Crippen LogP contribution is -2.37. The maximum absolute atomic E-state index is 12.5. The first-order chi connectivity index (χ1) is 14.1. The highest BCUT2D eigenvalue weighted by atomic mass is 79.9. The van der Waals surface area contributed by atoms with Crippen LogP contribution in [0.4, 0.5) is 5.69 Å². The first kappa shape index (κ1) is 20.1. The molecule has 0 spiro atoms. The summed E-state index contributed by atoms with van der Waals surface area (Å²) in [6, 6.07) is 15.0. The zero-order valence-electron chi connectivity index (χ0n) is 15.6. The highest BCUT2D eigenvalue weighted by Crippen LogP contribution is 2.26. The van der Waals surface area contributed by atoms with Crippen LogP contribution < -0.4 is 5.32 Å². The number of benzene rings is 2. The molecule has 2 heterocycles. The Morgan fingerprint density at radius 3 is 2.62 bits per heavy atom. The number of carbonyl (C=O) groups excluding carboxylic acids is 1. The van der Waals surface area contributed by atoms with Crippen LogP contribution >= 0.6 is 27.5 Å². The first-order valence-corrected chi connectivity index (χ1v) is 10.6. The SMILES string of the molecule is O=C(Nc1ccc(Br)cc1)C1CCN(Cc2nc(-c3ccccc3Cl)no2)CC1. The van der Waals surface area contributed by atoms with Crippen LogP contribution in [-0.4, -0.2) is 34.0 Å². The van der Waals surface area contributed by atoms with Crippen LogP contribution in [0.15, 0.2) is 57.5 Å². The Morgan fingerprint density at radius 2 is 1.90 bits per heavy atom. The van der Waals surface area contributed by atoms with Crippen LogP contribution in [-0.2, 0) is 11.3 Å². The van der Waals surface area contributed by atoms with E-state index in [9.17, 15) is 4.79 Å². The zero-order valence-corrected chi connectivity index (χ0v) is 18.0. The molecule has 0 radical (unpaired) electrons.